The van der Waals surface area contributed by atoms with E-state index in [4.69, 9.17) is 14.6 Å². The number of hydrogen-bond donors (Lipinski definition) is 1. The van der Waals surface area contributed by atoms with Crippen LogP contribution in [0.25, 0.3) is 0 Å². The second-order valence-electron chi connectivity index (χ2n) is 3.55. The van der Waals surface area contributed by atoms with Crippen LogP contribution in [0.1, 0.15) is 12.5 Å². The molecule has 1 rings (SSSR count). The van der Waals surface area contributed by atoms with E-state index in [1.165, 1.54) is 6.08 Å². The maximum Gasteiger partial charge on any atom is 0.330 e. The Morgan fingerprint density at radius 3 is 2.89 bits per heavy atom. The predicted molar refractivity (Wildman–Crippen MR) is 68.5 cm³/mol. The first-order valence-electron chi connectivity index (χ1n) is 5.92. The number of aliphatic hydroxyl groups excluding tert-OH is 1. The molecule has 0 aliphatic carbocycles. The highest BCUT2D eigenvalue weighted by Crippen LogP contribution is 2.18. The topological polar surface area (TPSA) is 55.8 Å². The van der Waals surface area contributed by atoms with Crippen molar-refractivity contribution in [1.82, 2.24) is 0 Å². The van der Waals surface area contributed by atoms with Crippen molar-refractivity contribution in [2.45, 2.75) is 13.3 Å². The molecular weight excluding hydrogens is 232 g/mol. The summed E-state index contributed by atoms with van der Waals surface area (Å²) >= 11 is 0. The number of carbonyl (C=O) groups is 1. The second-order valence-corrected chi connectivity index (χ2v) is 3.55. The summed E-state index contributed by atoms with van der Waals surface area (Å²) in [6, 6.07) is 7.50. The fraction of sp³-hybridized carbons (Fsp3) is 0.357. The zero-order chi connectivity index (χ0) is 13.2. The Bertz CT molecular complexity index is 399. The Kier molecular flexibility index (Phi) is 6.58. The van der Waals surface area contributed by atoms with Gasteiger partial charge in [-0.05, 0) is 31.1 Å². The molecule has 4 heteroatoms. The molecule has 0 spiro atoms. The van der Waals surface area contributed by atoms with Crippen LogP contribution >= 0.6 is 0 Å². The van der Waals surface area contributed by atoms with Crippen molar-refractivity contribution in [2.24, 2.45) is 0 Å². The number of para-hydroxylation sites is 1. The molecule has 0 amide bonds. The lowest BCUT2D eigenvalue weighted by Gasteiger charge is -2.08. The largest absolute Gasteiger partial charge is 0.489 e. The van der Waals surface area contributed by atoms with Crippen LogP contribution in [-0.2, 0) is 16.0 Å². The third kappa shape index (κ3) is 5.01. The van der Waals surface area contributed by atoms with Gasteiger partial charge in [-0.2, -0.15) is 0 Å². The van der Waals surface area contributed by atoms with Crippen molar-refractivity contribution in [3.05, 3.63) is 42.0 Å². The Morgan fingerprint density at radius 2 is 2.17 bits per heavy atom. The third-order valence-electron chi connectivity index (χ3n) is 2.23. The van der Waals surface area contributed by atoms with E-state index in [9.17, 15) is 4.79 Å². The summed E-state index contributed by atoms with van der Waals surface area (Å²) in [4.78, 5) is 11.0. The molecular formula is C14H18O4. The molecule has 18 heavy (non-hydrogen) atoms. The Hall–Kier alpha value is -1.81. The van der Waals surface area contributed by atoms with E-state index in [0.717, 1.165) is 11.3 Å². The maximum atomic E-state index is 11.0. The number of benzene rings is 1. The van der Waals surface area contributed by atoms with E-state index in [1.54, 1.807) is 13.0 Å². The van der Waals surface area contributed by atoms with Crippen LogP contribution in [-0.4, -0.2) is 30.9 Å². The van der Waals surface area contributed by atoms with Gasteiger partial charge in [-0.15, -0.1) is 0 Å². The predicted octanol–water partition coefficient (Wildman–Crippen LogP) is 1.72. The first-order chi connectivity index (χ1) is 8.77. The number of hydrogen-bond acceptors (Lipinski definition) is 4. The van der Waals surface area contributed by atoms with Gasteiger partial charge in [0.1, 0.15) is 12.4 Å². The number of ether oxygens (including phenoxy) is 2. The van der Waals surface area contributed by atoms with Gasteiger partial charge in [0.2, 0.25) is 0 Å². The zero-order valence-corrected chi connectivity index (χ0v) is 10.5. The standard InChI is InChI=1S/C14H18O4/c1-2-17-14(16)8-5-11-18-13-7-4-3-6-12(13)9-10-15/h3-8,15H,2,9-11H2,1H3/b8-5+. The molecule has 0 saturated carbocycles. The summed E-state index contributed by atoms with van der Waals surface area (Å²) in [5, 5.41) is 8.92. The summed E-state index contributed by atoms with van der Waals surface area (Å²) in [6.45, 7) is 2.50. The molecule has 1 aromatic carbocycles. The maximum absolute atomic E-state index is 11.0. The molecule has 0 unspecified atom stereocenters. The van der Waals surface area contributed by atoms with Crippen LogP contribution in [0, 0.1) is 0 Å². The van der Waals surface area contributed by atoms with Crippen molar-refractivity contribution in [3.63, 3.8) is 0 Å². The average molecular weight is 250 g/mol. The molecule has 0 aliphatic heterocycles. The first kappa shape index (κ1) is 14.3. The lowest BCUT2D eigenvalue weighted by molar-refractivity contribution is -0.137. The Balaban J connectivity index is 2.46. The minimum atomic E-state index is -0.371. The first-order valence-corrected chi connectivity index (χ1v) is 5.92. The summed E-state index contributed by atoms with van der Waals surface area (Å²) in [7, 11) is 0. The highest BCUT2D eigenvalue weighted by atomic mass is 16.5. The van der Waals surface area contributed by atoms with Crippen molar-refractivity contribution in [2.75, 3.05) is 19.8 Å². The molecule has 4 nitrogen and oxygen atoms in total. The van der Waals surface area contributed by atoms with E-state index in [2.05, 4.69) is 0 Å². The van der Waals surface area contributed by atoms with Crippen LogP contribution < -0.4 is 4.74 Å². The zero-order valence-electron chi connectivity index (χ0n) is 10.5. The van der Waals surface area contributed by atoms with Gasteiger partial charge in [0.25, 0.3) is 0 Å². The highest BCUT2D eigenvalue weighted by molar-refractivity contribution is 5.81. The molecule has 0 saturated heterocycles. The van der Waals surface area contributed by atoms with Gasteiger partial charge in [0.05, 0.1) is 6.61 Å². The lowest BCUT2D eigenvalue weighted by atomic mass is 10.1. The van der Waals surface area contributed by atoms with Gasteiger partial charge < -0.3 is 14.6 Å². The van der Waals surface area contributed by atoms with E-state index in [1.807, 2.05) is 24.3 Å². The monoisotopic (exact) mass is 250 g/mol. The normalized spacial score (nSPS) is 10.6. The number of aliphatic hydroxyl groups is 1. The number of esters is 1. The molecule has 0 fully saturated rings. The molecule has 1 aromatic rings. The fourth-order valence-electron chi connectivity index (χ4n) is 1.44. The van der Waals surface area contributed by atoms with E-state index in [0.29, 0.717) is 19.6 Å². The molecule has 0 heterocycles. The summed E-state index contributed by atoms with van der Waals surface area (Å²) in [5.74, 6) is 0.352. The Labute approximate surface area is 107 Å². The van der Waals surface area contributed by atoms with Gasteiger partial charge in [0.15, 0.2) is 0 Å². The molecule has 0 aromatic heterocycles. The van der Waals surface area contributed by atoms with Gasteiger partial charge in [-0.25, -0.2) is 4.79 Å². The van der Waals surface area contributed by atoms with Gasteiger partial charge in [0, 0.05) is 12.7 Å². The number of rotatable bonds is 7. The second kappa shape index (κ2) is 8.31. The van der Waals surface area contributed by atoms with E-state index >= 15 is 0 Å². The molecule has 1 N–H and O–H groups in total. The molecule has 0 aliphatic rings. The smallest absolute Gasteiger partial charge is 0.330 e. The summed E-state index contributed by atoms with van der Waals surface area (Å²) in [6.07, 6.45) is 3.50. The molecule has 0 radical (unpaired) electrons. The molecule has 0 bridgehead atoms. The van der Waals surface area contributed by atoms with Crippen LogP contribution in [0.15, 0.2) is 36.4 Å². The van der Waals surface area contributed by atoms with Crippen molar-refractivity contribution in [1.29, 1.82) is 0 Å². The van der Waals surface area contributed by atoms with Crippen LogP contribution in [0.5, 0.6) is 5.75 Å². The van der Waals surface area contributed by atoms with E-state index < -0.39 is 0 Å². The molecule has 98 valence electrons. The quantitative estimate of drug-likeness (QED) is 0.591. The van der Waals surface area contributed by atoms with Crippen LogP contribution in [0.4, 0.5) is 0 Å². The third-order valence-corrected chi connectivity index (χ3v) is 2.23. The minimum absolute atomic E-state index is 0.0824. The highest BCUT2D eigenvalue weighted by Gasteiger charge is 2.01. The average Bonchev–Trinajstić information content (AvgIpc) is 2.37. The van der Waals surface area contributed by atoms with Gasteiger partial charge in [-0.3, -0.25) is 0 Å². The van der Waals surface area contributed by atoms with E-state index in [-0.39, 0.29) is 12.6 Å². The van der Waals surface area contributed by atoms with Gasteiger partial charge >= 0.3 is 5.97 Å². The fourth-order valence-corrected chi connectivity index (χ4v) is 1.44. The SMILES string of the molecule is CCOC(=O)/C=C/COc1ccccc1CCO. The number of carbonyl (C=O) groups excluding carboxylic acids is 1. The van der Waals surface area contributed by atoms with Crippen LogP contribution in [0.3, 0.4) is 0 Å². The van der Waals surface area contributed by atoms with Crippen molar-refractivity contribution in [3.8, 4) is 5.75 Å². The van der Waals surface area contributed by atoms with Crippen LogP contribution in [0.2, 0.25) is 0 Å². The van der Waals surface area contributed by atoms with Crippen molar-refractivity contribution < 1.29 is 19.4 Å². The lowest BCUT2D eigenvalue weighted by Crippen LogP contribution is -2.02. The minimum Gasteiger partial charge on any atom is -0.489 e. The summed E-state index contributed by atoms with van der Waals surface area (Å²) in [5.41, 5.74) is 0.949. The van der Waals surface area contributed by atoms with Crippen molar-refractivity contribution >= 4 is 5.97 Å². The van der Waals surface area contributed by atoms with Gasteiger partial charge in [-0.1, -0.05) is 18.2 Å². The Morgan fingerprint density at radius 1 is 1.39 bits per heavy atom. The summed E-state index contributed by atoms with van der Waals surface area (Å²) < 4.78 is 10.3. The molecule has 0 atom stereocenters.